The first-order chi connectivity index (χ1) is 6.65. The molecule has 0 aliphatic rings. The second kappa shape index (κ2) is 4.64. The first-order valence-electron chi connectivity index (χ1n) is 4.01. The molecule has 0 amide bonds. The molecule has 1 aromatic carbocycles. The lowest BCUT2D eigenvalue weighted by Crippen LogP contribution is -1.95. The summed E-state index contributed by atoms with van der Waals surface area (Å²) in [7, 11) is 0. The zero-order valence-corrected chi connectivity index (χ0v) is 8.12. The van der Waals surface area contributed by atoms with Crippen molar-refractivity contribution in [2.45, 2.75) is 12.8 Å². The lowest BCUT2D eigenvalue weighted by atomic mass is 10.1. The number of rotatable bonds is 3. The van der Waals surface area contributed by atoms with E-state index in [0.717, 1.165) is 0 Å². The molecule has 0 aromatic heterocycles. The van der Waals surface area contributed by atoms with Gasteiger partial charge in [-0.15, -0.1) is 12.3 Å². The van der Waals surface area contributed by atoms with E-state index in [0.29, 0.717) is 23.4 Å². The highest BCUT2D eigenvalue weighted by Crippen LogP contribution is 2.23. The predicted molar refractivity (Wildman–Crippen MR) is 55.3 cm³/mol. The fourth-order valence-corrected chi connectivity index (χ4v) is 1.33. The molecule has 0 heterocycles. The topological polar surface area (TPSA) is 43.1 Å². The Labute approximate surface area is 86.8 Å². The van der Waals surface area contributed by atoms with Gasteiger partial charge in [-0.25, -0.2) is 0 Å². The van der Waals surface area contributed by atoms with Crippen molar-refractivity contribution >= 4 is 17.3 Å². The van der Waals surface area contributed by atoms with E-state index in [4.69, 9.17) is 18.0 Å². The van der Waals surface area contributed by atoms with Crippen molar-refractivity contribution in [2.24, 2.45) is 0 Å². The van der Waals surface area contributed by atoms with Gasteiger partial charge in [0.05, 0.1) is 4.92 Å². The second-order valence-corrected chi connectivity index (χ2v) is 3.17. The summed E-state index contributed by atoms with van der Waals surface area (Å²) in [6.07, 6.45) is 6.04. The van der Waals surface area contributed by atoms with Crippen LogP contribution < -0.4 is 0 Å². The maximum atomic E-state index is 10.6. The Bertz CT molecular complexity index is 396. The average molecular weight is 210 g/mol. The molecule has 0 unspecified atom stereocenters. The third kappa shape index (κ3) is 2.48. The summed E-state index contributed by atoms with van der Waals surface area (Å²) in [6.45, 7) is 0. The van der Waals surface area contributed by atoms with E-state index < -0.39 is 4.92 Å². The van der Waals surface area contributed by atoms with Crippen LogP contribution in [-0.4, -0.2) is 4.92 Å². The molecule has 14 heavy (non-hydrogen) atoms. The molecule has 0 bridgehead atoms. The van der Waals surface area contributed by atoms with Crippen LogP contribution in [0.3, 0.4) is 0 Å². The SMILES string of the molecule is C#CCCc1cc(Cl)ccc1[N+](=O)[O-]. The molecule has 4 heteroatoms. The van der Waals surface area contributed by atoms with Crippen molar-refractivity contribution in [3.63, 3.8) is 0 Å². The zero-order valence-electron chi connectivity index (χ0n) is 7.37. The second-order valence-electron chi connectivity index (χ2n) is 2.73. The summed E-state index contributed by atoms with van der Waals surface area (Å²) >= 11 is 5.73. The molecule has 1 aromatic rings. The van der Waals surface area contributed by atoms with E-state index in [1.54, 1.807) is 6.07 Å². The third-order valence-corrected chi connectivity index (χ3v) is 2.01. The molecule has 0 spiro atoms. The first kappa shape index (κ1) is 10.6. The molecule has 0 fully saturated rings. The van der Waals surface area contributed by atoms with Gasteiger partial charge in [-0.2, -0.15) is 0 Å². The van der Waals surface area contributed by atoms with Gasteiger partial charge >= 0.3 is 0 Å². The van der Waals surface area contributed by atoms with Crippen LogP contribution in [0.2, 0.25) is 5.02 Å². The normalized spacial score (nSPS) is 9.43. The minimum Gasteiger partial charge on any atom is -0.258 e. The van der Waals surface area contributed by atoms with Gasteiger partial charge in [-0.05, 0) is 18.6 Å². The summed E-state index contributed by atoms with van der Waals surface area (Å²) < 4.78 is 0. The first-order valence-corrected chi connectivity index (χ1v) is 4.39. The lowest BCUT2D eigenvalue weighted by Gasteiger charge is -2.00. The number of nitrogens with zero attached hydrogens (tertiary/aromatic N) is 1. The molecular weight excluding hydrogens is 202 g/mol. The third-order valence-electron chi connectivity index (χ3n) is 1.78. The number of hydrogen-bond acceptors (Lipinski definition) is 2. The largest absolute Gasteiger partial charge is 0.272 e. The highest BCUT2D eigenvalue weighted by atomic mass is 35.5. The Morgan fingerprint density at radius 1 is 1.57 bits per heavy atom. The number of nitro groups is 1. The van der Waals surface area contributed by atoms with Gasteiger partial charge < -0.3 is 0 Å². The maximum absolute atomic E-state index is 10.6. The van der Waals surface area contributed by atoms with Gasteiger partial charge in [0.2, 0.25) is 0 Å². The smallest absolute Gasteiger partial charge is 0.258 e. The molecule has 0 atom stereocenters. The molecule has 0 aliphatic carbocycles. The molecule has 0 N–H and O–H groups in total. The van der Waals surface area contributed by atoms with E-state index in [-0.39, 0.29) is 5.69 Å². The minimum absolute atomic E-state index is 0.0738. The molecule has 0 saturated carbocycles. The van der Waals surface area contributed by atoms with Crippen LogP contribution in [0.4, 0.5) is 5.69 Å². The van der Waals surface area contributed by atoms with Gasteiger partial charge in [0.15, 0.2) is 0 Å². The van der Waals surface area contributed by atoms with E-state index in [1.165, 1.54) is 12.1 Å². The van der Waals surface area contributed by atoms with Gasteiger partial charge in [0, 0.05) is 23.1 Å². The molecule has 72 valence electrons. The summed E-state index contributed by atoms with van der Waals surface area (Å²) in [5, 5.41) is 11.1. The minimum atomic E-state index is -0.428. The van der Waals surface area contributed by atoms with E-state index in [1.807, 2.05) is 0 Å². The van der Waals surface area contributed by atoms with Gasteiger partial charge in [0.25, 0.3) is 5.69 Å². The monoisotopic (exact) mass is 209 g/mol. The molecule has 0 aliphatic heterocycles. The Morgan fingerprint density at radius 3 is 2.86 bits per heavy atom. The van der Waals surface area contributed by atoms with Crippen molar-refractivity contribution in [3.05, 3.63) is 38.9 Å². The molecule has 3 nitrogen and oxygen atoms in total. The van der Waals surface area contributed by atoms with E-state index in [9.17, 15) is 10.1 Å². The fraction of sp³-hybridized carbons (Fsp3) is 0.200. The highest BCUT2D eigenvalue weighted by molar-refractivity contribution is 6.30. The van der Waals surface area contributed by atoms with Crippen LogP contribution in [0.5, 0.6) is 0 Å². The number of hydrogen-bond donors (Lipinski definition) is 0. The van der Waals surface area contributed by atoms with Crippen molar-refractivity contribution in [1.29, 1.82) is 0 Å². The van der Waals surface area contributed by atoms with Crippen LogP contribution in [0.25, 0.3) is 0 Å². The Hall–Kier alpha value is -1.53. The summed E-state index contributed by atoms with van der Waals surface area (Å²) in [5.41, 5.74) is 0.658. The van der Waals surface area contributed by atoms with Crippen molar-refractivity contribution in [2.75, 3.05) is 0 Å². The predicted octanol–water partition coefficient (Wildman–Crippen LogP) is 2.81. The van der Waals surface area contributed by atoms with E-state index in [2.05, 4.69) is 5.92 Å². The number of aryl methyl sites for hydroxylation is 1. The van der Waals surface area contributed by atoms with Crippen LogP contribution >= 0.6 is 11.6 Å². The van der Waals surface area contributed by atoms with Crippen molar-refractivity contribution in [1.82, 2.24) is 0 Å². The molecule has 0 radical (unpaired) electrons. The maximum Gasteiger partial charge on any atom is 0.272 e. The van der Waals surface area contributed by atoms with Gasteiger partial charge in [-0.3, -0.25) is 10.1 Å². The van der Waals surface area contributed by atoms with E-state index >= 15 is 0 Å². The van der Waals surface area contributed by atoms with Gasteiger partial charge in [0.1, 0.15) is 0 Å². The average Bonchev–Trinajstić information content (AvgIpc) is 2.14. The Morgan fingerprint density at radius 2 is 2.29 bits per heavy atom. The zero-order chi connectivity index (χ0) is 10.6. The van der Waals surface area contributed by atoms with Crippen LogP contribution in [-0.2, 0) is 6.42 Å². The molecular formula is C10H8ClNO2. The summed E-state index contributed by atoms with van der Waals surface area (Å²) in [4.78, 5) is 10.2. The standard InChI is InChI=1S/C10H8ClNO2/c1-2-3-4-8-7-9(11)5-6-10(8)12(13)14/h1,5-7H,3-4H2. The number of benzene rings is 1. The summed E-state index contributed by atoms with van der Waals surface area (Å²) in [6, 6.07) is 4.48. The summed E-state index contributed by atoms with van der Waals surface area (Å²) in [5.74, 6) is 2.44. The van der Waals surface area contributed by atoms with Crippen molar-refractivity contribution < 1.29 is 4.92 Å². The lowest BCUT2D eigenvalue weighted by molar-refractivity contribution is -0.385. The van der Waals surface area contributed by atoms with Crippen molar-refractivity contribution in [3.8, 4) is 12.3 Å². The molecule has 1 rings (SSSR count). The number of nitro benzene ring substituents is 1. The fourth-order valence-electron chi connectivity index (χ4n) is 1.14. The quantitative estimate of drug-likeness (QED) is 0.437. The highest BCUT2D eigenvalue weighted by Gasteiger charge is 2.12. The Kier molecular flexibility index (Phi) is 3.49. The Balaban J connectivity index is 3.04. The van der Waals surface area contributed by atoms with Crippen LogP contribution in [0.1, 0.15) is 12.0 Å². The van der Waals surface area contributed by atoms with Crippen LogP contribution in [0.15, 0.2) is 18.2 Å². The van der Waals surface area contributed by atoms with Crippen LogP contribution in [0, 0.1) is 22.5 Å². The number of halogens is 1. The van der Waals surface area contributed by atoms with Gasteiger partial charge in [-0.1, -0.05) is 11.6 Å². The number of terminal acetylenes is 1. The molecule has 0 saturated heterocycles.